The highest BCUT2D eigenvalue weighted by Gasteiger charge is 2.39. The van der Waals surface area contributed by atoms with E-state index in [9.17, 15) is 17.2 Å². The lowest BCUT2D eigenvalue weighted by atomic mass is 10.2. The molecule has 1 fully saturated rings. The van der Waals surface area contributed by atoms with Crippen molar-refractivity contribution in [2.45, 2.75) is 11.0 Å². The second-order valence-corrected chi connectivity index (χ2v) is 7.04. The first-order valence-corrected chi connectivity index (χ1v) is 8.32. The maximum absolute atomic E-state index is 13.7. The van der Waals surface area contributed by atoms with Crippen LogP contribution in [0.4, 0.5) is 8.78 Å². The summed E-state index contributed by atoms with van der Waals surface area (Å²) in [6.07, 6.45) is 0.917. The number of pyridine rings is 1. The predicted octanol–water partition coefficient (Wildman–Crippen LogP) is 1.68. The van der Waals surface area contributed by atoms with Crippen molar-refractivity contribution < 1.29 is 21.9 Å². The van der Waals surface area contributed by atoms with Gasteiger partial charge in [0, 0.05) is 18.3 Å². The number of hydrogen-bond acceptors (Lipinski definition) is 5. The molecule has 1 aromatic carbocycles. The molecule has 3 rings (SSSR count). The summed E-state index contributed by atoms with van der Waals surface area (Å²) in [5.74, 6) is -1.71. The van der Waals surface area contributed by atoms with E-state index in [0.717, 1.165) is 16.4 Å². The lowest BCUT2D eigenvalue weighted by molar-refractivity contribution is 0.0719. The second kappa shape index (κ2) is 6.14. The summed E-state index contributed by atoms with van der Waals surface area (Å²) < 4.78 is 57.7. The maximum atomic E-state index is 13.7. The molecular formula is C15H11F2N3O3S. The van der Waals surface area contributed by atoms with Crippen LogP contribution in [0.15, 0.2) is 41.4 Å². The first-order valence-electron chi connectivity index (χ1n) is 6.88. The molecule has 6 nitrogen and oxygen atoms in total. The number of rotatable bonds is 4. The van der Waals surface area contributed by atoms with Gasteiger partial charge in [0.2, 0.25) is 15.9 Å². The highest BCUT2D eigenvalue weighted by Crippen LogP contribution is 2.26. The molecule has 0 radical (unpaired) electrons. The molecule has 2 aromatic rings. The van der Waals surface area contributed by atoms with Gasteiger partial charge in [-0.25, -0.2) is 22.2 Å². The number of halogens is 2. The summed E-state index contributed by atoms with van der Waals surface area (Å²) >= 11 is 0. The number of aromatic nitrogens is 1. The molecule has 124 valence electrons. The van der Waals surface area contributed by atoms with Gasteiger partial charge in [-0.05, 0) is 18.2 Å². The molecule has 2 heterocycles. The Hall–Kier alpha value is -2.57. The van der Waals surface area contributed by atoms with Crippen LogP contribution in [0.2, 0.25) is 0 Å². The first-order chi connectivity index (χ1) is 11.4. The van der Waals surface area contributed by atoms with Gasteiger partial charge in [0.25, 0.3) is 0 Å². The molecule has 0 spiro atoms. The van der Waals surface area contributed by atoms with Crippen molar-refractivity contribution >= 4 is 10.0 Å². The van der Waals surface area contributed by atoms with E-state index >= 15 is 0 Å². The molecule has 0 atom stereocenters. The van der Waals surface area contributed by atoms with Gasteiger partial charge in [-0.1, -0.05) is 0 Å². The van der Waals surface area contributed by atoms with Gasteiger partial charge in [0.15, 0.2) is 0 Å². The van der Waals surface area contributed by atoms with Crippen LogP contribution in [-0.4, -0.2) is 36.9 Å². The molecule has 0 bridgehead atoms. The Kier molecular flexibility index (Phi) is 4.17. The average Bonchev–Trinajstić information content (AvgIpc) is 2.50. The van der Waals surface area contributed by atoms with Crippen LogP contribution in [0, 0.1) is 23.0 Å². The van der Waals surface area contributed by atoms with Crippen LogP contribution in [0.25, 0.3) is 0 Å². The molecule has 24 heavy (non-hydrogen) atoms. The Morgan fingerprint density at radius 2 is 2.00 bits per heavy atom. The number of ether oxygens (including phenoxy) is 1. The Morgan fingerprint density at radius 1 is 1.25 bits per heavy atom. The van der Waals surface area contributed by atoms with E-state index < -0.39 is 32.7 Å². The molecule has 0 amide bonds. The van der Waals surface area contributed by atoms with Crippen molar-refractivity contribution in [3.05, 3.63) is 53.7 Å². The predicted molar refractivity (Wildman–Crippen MR) is 78.5 cm³/mol. The standard InChI is InChI=1S/C15H11F2N3O3S/c16-11-2-3-14(13(17)5-11)24(21,22)20-8-12(9-20)23-15-4-1-10(6-18)7-19-15/h1-5,7,12H,8-9H2. The number of hydrogen-bond donors (Lipinski definition) is 0. The molecule has 1 aliphatic heterocycles. The molecule has 9 heteroatoms. The maximum Gasteiger partial charge on any atom is 0.246 e. The lowest BCUT2D eigenvalue weighted by Gasteiger charge is -2.37. The lowest BCUT2D eigenvalue weighted by Crippen LogP contribution is -2.56. The fourth-order valence-corrected chi connectivity index (χ4v) is 3.73. The molecule has 0 aliphatic carbocycles. The van der Waals surface area contributed by atoms with Gasteiger partial charge in [-0.15, -0.1) is 0 Å². The minimum atomic E-state index is -4.04. The average molecular weight is 351 g/mol. The zero-order chi connectivity index (χ0) is 17.3. The summed E-state index contributed by atoms with van der Waals surface area (Å²) in [6, 6.07) is 7.28. The van der Waals surface area contributed by atoms with Crippen LogP contribution in [0.5, 0.6) is 5.88 Å². The smallest absolute Gasteiger partial charge is 0.246 e. The van der Waals surface area contributed by atoms with E-state index in [4.69, 9.17) is 10.00 Å². The molecule has 1 aliphatic rings. The largest absolute Gasteiger partial charge is 0.472 e. The summed E-state index contributed by atoms with van der Waals surface area (Å²) in [5.41, 5.74) is 0.381. The van der Waals surface area contributed by atoms with E-state index in [1.165, 1.54) is 18.3 Å². The molecular weight excluding hydrogens is 340 g/mol. The second-order valence-electron chi connectivity index (χ2n) is 5.13. The van der Waals surface area contributed by atoms with E-state index in [0.29, 0.717) is 11.6 Å². The third-order valence-electron chi connectivity index (χ3n) is 3.48. The summed E-state index contributed by atoms with van der Waals surface area (Å²) in [7, 11) is -4.04. The Morgan fingerprint density at radius 3 is 2.58 bits per heavy atom. The van der Waals surface area contributed by atoms with Crippen molar-refractivity contribution in [1.82, 2.24) is 9.29 Å². The van der Waals surface area contributed by atoms with Gasteiger partial charge >= 0.3 is 0 Å². The van der Waals surface area contributed by atoms with Crippen LogP contribution in [0.3, 0.4) is 0 Å². The Balaban J connectivity index is 1.66. The Labute approximate surface area is 137 Å². The first kappa shape index (κ1) is 16.3. The van der Waals surface area contributed by atoms with Crippen molar-refractivity contribution in [3.8, 4) is 11.9 Å². The molecule has 0 N–H and O–H groups in total. The Bertz CT molecular complexity index is 905. The zero-order valence-electron chi connectivity index (χ0n) is 12.2. The number of nitriles is 1. The van der Waals surface area contributed by atoms with Gasteiger partial charge in [-0.3, -0.25) is 0 Å². The fourth-order valence-electron chi connectivity index (χ4n) is 2.18. The van der Waals surface area contributed by atoms with Crippen molar-refractivity contribution in [1.29, 1.82) is 5.26 Å². The summed E-state index contributed by atoms with van der Waals surface area (Å²) in [4.78, 5) is 3.36. The monoisotopic (exact) mass is 351 g/mol. The highest BCUT2D eigenvalue weighted by molar-refractivity contribution is 7.89. The fraction of sp³-hybridized carbons (Fsp3) is 0.200. The van der Waals surface area contributed by atoms with Crippen molar-refractivity contribution in [2.75, 3.05) is 13.1 Å². The number of sulfonamides is 1. The van der Waals surface area contributed by atoms with E-state index in [1.807, 2.05) is 6.07 Å². The van der Waals surface area contributed by atoms with Crippen LogP contribution in [-0.2, 0) is 10.0 Å². The summed E-state index contributed by atoms with van der Waals surface area (Å²) in [6.45, 7) is 0.0572. The minimum Gasteiger partial charge on any atom is -0.472 e. The molecule has 1 aromatic heterocycles. The minimum absolute atomic E-state index is 0.0286. The van der Waals surface area contributed by atoms with Gasteiger partial charge in [0.1, 0.15) is 28.7 Å². The van der Waals surface area contributed by atoms with Crippen LogP contribution in [0.1, 0.15) is 5.56 Å². The number of nitrogens with zero attached hydrogens (tertiary/aromatic N) is 3. The van der Waals surface area contributed by atoms with Gasteiger partial charge < -0.3 is 4.74 Å². The van der Waals surface area contributed by atoms with Crippen LogP contribution >= 0.6 is 0 Å². The summed E-state index contributed by atoms with van der Waals surface area (Å²) in [5, 5.41) is 8.68. The SMILES string of the molecule is N#Cc1ccc(OC2CN(S(=O)(=O)c3ccc(F)cc3F)C2)nc1. The molecule has 1 saturated heterocycles. The van der Waals surface area contributed by atoms with E-state index in [-0.39, 0.29) is 19.0 Å². The normalized spacial score (nSPS) is 15.5. The molecule has 0 unspecified atom stereocenters. The van der Waals surface area contributed by atoms with E-state index in [2.05, 4.69) is 4.98 Å². The topological polar surface area (TPSA) is 83.3 Å². The molecule has 0 saturated carbocycles. The van der Waals surface area contributed by atoms with Crippen molar-refractivity contribution in [3.63, 3.8) is 0 Å². The zero-order valence-corrected chi connectivity index (χ0v) is 13.0. The van der Waals surface area contributed by atoms with E-state index in [1.54, 1.807) is 0 Å². The quantitative estimate of drug-likeness (QED) is 0.837. The third kappa shape index (κ3) is 3.06. The third-order valence-corrected chi connectivity index (χ3v) is 5.34. The van der Waals surface area contributed by atoms with Crippen LogP contribution < -0.4 is 4.74 Å². The highest BCUT2D eigenvalue weighted by atomic mass is 32.2. The van der Waals surface area contributed by atoms with Gasteiger partial charge in [-0.2, -0.15) is 9.57 Å². The number of benzene rings is 1. The van der Waals surface area contributed by atoms with Crippen molar-refractivity contribution in [2.24, 2.45) is 0 Å². The van der Waals surface area contributed by atoms with Gasteiger partial charge in [0.05, 0.1) is 18.7 Å².